The van der Waals surface area contributed by atoms with Gasteiger partial charge in [0.05, 0.1) is 4.88 Å². The molecule has 0 radical (unpaired) electrons. The molecular weight excluding hydrogens is 320 g/mol. The second-order valence-electron chi connectivity index (χ2n) is 8.18. The van der Waals surface area contributed by atoms with Gasteiger partial charge in [-0.05, 0) is 73.1 Å². The van der Waals surface area contributed by atoms with Gasteiger partial charge in [0.1, 0.15) is 0 Å². The van der Waals surface area contributed by atoms with Gasteiger partial charge in [-0.15, -0.1) is 11.3 Å². The monoisotopic (exact) mass is 346 g/mol. The van der Waals surface area contributed by atoms with E-state index in [-0.39, 0.29) is 11.8 Å². The summed E-state index contributed by atoms with van der Waals surface area (Å²) in [7, 11) is 0. The molecule has 4 aliphatic rings. The third-order valence-corrected chi connectivity index (χ3v) is 7.05. The zero-order valence-corrected chi connectivity index (χ0v) is 14.9. The lowest BCUT2D eigenvalue weighted by atomic mass is 9.49. The van der Waals surface area contributed by atoms with Crippen LogP contribution in [0, 0.1) is 23.2 Å². The highest BCUT2D eigenvalue weighted by molar-refractivity contribution is 7.12. The Morgan fingerprint density at radius 3 is 2.25 bits per heavy atom. The molecule has 4 bridgehead atoms. The summed E-state index contributed by atoms with van der Waals surface area (Å²) in [6.07, 6.45) is 8.72. The Labute approximate surface area is 147 Å². The molecule has 24 heavy (non-hydrogen) atoms. The second-order valence-corrected chi connectivity index (χ2v) is 9.13. The van der Waals surface area contributed by atoms with Crippen molar-refractivity contribution in [3.8, 4) is 0 Å². The largest absolute Gasteiger partial charge is 0.354 e. The van der Waals surface area contributed by atoms with E-state index in [0.29, 0.717) is 24.9 Å². The van der Waals surface area contributed by atoms with Crippen molar-refractivity contribution in [1.82, 2.24) is 10.6 Å². The quantitative estimate of drug-likeness (QED) is 0.777. The summed E-state index contributed by atoms with van der Waals surface area (Å²) >= 11 is 1.43. The summed E-state index contributed by atoms with van der Waals surface area (Å²) in [6, 6.07) is 3.68. The maximum absolute atomic E-state index is 12.4. The van der Waals surface area contributed by atoms with E-state index in [0.717, 1.165) is 22.6 Å². The smallest absolute Gasteiger partial charge is 0.261 e. The van der Waals surface area contributed by atoms with Crippen LogP contribution in [0.15, 0.2) is 17.5 Å². The third kappa shape index (κ3) is 3.37. The van der Waals surface area contributed by atoms with Crippen molar-refractivity contribution in [3.63, 3.8) is 0 Å². The van der Waals surface area contributed by atoms with Crippen LogP contribution >= 0.6 is 11.3 Å². The Balaban J connectivity index is 1.21. The van der Waals surface area contributed by atoms with Crippen LogP contribution in [0.2, 0.25) is 0 Å². The van der Waals surface area contributed by atoms with Crippen molar-refractivity contribution in [2.24, 2.45) is 23.2 Å². The topological polar surface area (TPSA) is 58.2 Å². The van der Waals surface area contributed by atoms with Gasteiger partial charge in [0.2, 0.25) is 5.91 Å². The molecule has 5 heteroatoms. The maximum Gasteiger partial charge on any atom is 0.261 e. The van der Waals surface area contributed by atoms with E-state index in [2.05, 4.69) is 10.6 Å². The number of hydrogen-bond acceptors (Lipinski definition) is 3. The van der Waals surface area contributed by atoms with Crippen LogP contribution in [0.3, 0.4) is 0 Å². The van der Waals surface area contributed by atoms with Crippen LogP contribution in [0.5, 0.6) is 0 Å². The highest BCUT2D eigenvalue weighted by Gasteiger charge is 2.51. The van der Waals surface area contributed by atoms with Crippen molar-refractivity contribution >= 4 is 23.2 Å². The predicted octanol–water partition coefficient (Wildman–Crippen LogP) is 3.20. The molecule has 4 fully saturated rings. The van der Waals surface area contributed by atoms with Crippen molar-refractivity contribution in [1.29, 1.82) is 0 Å². The van der Waals surface area contributed by atoms with E-state index in [4.69, 9.17) is 0 Å². The zero-order valence-electron chi connectivity index (χ0n) is 14.1. The fourth-order valence-electron chi connectivity index (χ4n) is 5.78. The lowest BCUT2D eigenvalue weighted by Crippen LogP contribution is -2.48. The van der Waals surface area contributed by atoms with E-state index >= 15 is 0 Å². The molecule has 0 spiro atoms. The number of hydrogen-bond donors (Lipinski definition) is 2. The van der Waals surface area contributed by atoms with Gasteiger partial charge in [-0.2, -0.15) is 0 Å². The molecule has 4 aliphatic carbocycles. The van der Waals surface area contributed by atoms with Crippen molar-refractivity contribution in [2.75, 3.05) is 13.1 Å². The first-order valence-corrected chi connectivity index (χ1v) is 10.1. The van der Waals surface area contributed by atoms with Crippen LogP contribution in [-0.4, -0.2) is 24.9 Å². The molecule has 0 saturated heterocycles. The average Bonchev–Trinajstić information content (AvgIpc) is 3.04. The Morgan fingerprint density at radius 1 is 1.04 bits per heavy atom. The normalized spacial score (nSPS) is 33.4. The van der Waals surface area contributed by atoms with Gasteiger partial charge in [0, 0.05) is 19.5 Å². The lowest BCUT2D eigenvalue weighted by molar-refractivity contribution is -0.129. The van der Waals surface area contributed by atoms with Crippen molar-refractivity contribution in [3.05, 3.63) is 22.4 Å². The molecule has 130 valence electrons. The minimum atomic E-state index is -0.0552. The van der Waals surface area contributed by atoms with Gasteiger partial charge >= 0.3 is 0 Å². The first-order valence-electron chi connectivity index (χ1n) is 9.20. The van der Waals surface area contributed by atoms with Crippen LogP contribution in [0.1, 0.15) is 54.6 Å². The van der Waals surface area contributed by atoms with Crippen molar-refractivity contribution < 1.29 is 9.59 Å². The summed E-state index contributed by atoms with van der Waals surface area (Å²) in [5, 5.41) is 7.76. The van der Waals surface area contributed by atoms with Gasteiger partial charge < -0.3 is 10.6 Å². The molecular formula is C19H26N2O2S. The highest BCUT2D eigenvalue weighted by atomic mass is 32.1. The number of carbonyl (C=O) groups excluding carboxylic acids is 2. The molecule has 5 rings (SSSR count). The predicted molar refractivity (Wildman–Crippen MR) is 94.9 cm³/mol. The molecule has 1 heterocycles. The van der Waals surface area contributed by atoms with Crippen molar-refractivity contribution in [2.45, 2.75) is 44.9 Å². The molecule has 0 unspecified atom stereocenters. The van der Waals surface area contributed by atoms with Gasteiger partial charge in [-0.3, -0.25) is 9.59 Å². The number of carbonyl (C=O) groups is 2. The third-order valence-electron chi connectivity index (χ3n) is 6.18. The molecule has 0 atom stereocenters. The maximum atomic E-state index is 12.4. The second kappa shape index (κ2) is 6.51. The van der Waals surface area contributed by atoms with Gasteiger partial charge in [0.25, 0.3) is 5.91 Å². The van der Waals surface area contributed by atoms with Crippen LogP contribution < -0.4 is 10.6 Å². The number of nitrogens with one attached hydrogen (secondary N) is 2. The van der Waals surface area contributed by atoms with Gasteiger partial charge in [0.15, 0.2) is 0 Å². The standard InChI is InChI=1S/C19H26N2O2S/c22-17(20-3-4-21-18(23)16-2-1-5-24-16)12-19-9-13-6-14(10-19)8-15(7-13)11-19/h1-2,5,13-15H,3-4,6-12H2,(H,20,22)(H,21,23). The summed E-state index contributed by atoms with van der Waals surface area (Å²) < 4.78 is 0. The summed E-state index contributed by atoms with van der Waals surface area (Å²) in [5.74, 6) is 2.76. The van der Waals surface area contributed by atoms with Crippen LogP contribution in [0.25, 0.3) is 0 Å². The summed E-state index contributed by atoms with van der Waals surface area (Å²) in [5.41, 5.74) is 0.291. The Hall–Kier alpha value is -1.36. The Kier molecular flexibility index (Phi) is 4.37. The zero-order chi connectivity index (χ0) is 16.6. The van der Waals surface area contributed by atoms with E-state index < -0.39 is 0 Å². The Bertz CT molecular complexity index is 576. The van der Waals surface area contributed by atoms with E-state index in [9.17, 15) is 9.59 Å². The van der Waals surface area contributed by atoms with E-state index in [1.165, 1.54) is 49.9 Å². The fraction of sp³-hybridized carbons (Fsp3) is 0.684. The Morgan fingerprint density at radius 2 is 1.67 bits per heavy atom. The molecule has 1 aromatic rings. The first-order chi connectivity index (χ1) is 11.6. The molecule has 4 saturated carbocycles. The van der Waals surface area contributed by atoms with Gasteiger partial charge in [-0.1, -0.05) is 6.07 Å². The van der Waals surface area contributed by atoms with Crippen LogP contribution in [0.4, 0.5) is 0 Å². The lowest BCUT2D eigenvalue weighted by Gasteiger charge is -2.56. The van der Waals surface area contributed by atoms with E-state index in [1.807, 2.05) is 17.5 Å². The highest BCUT2D eigenvalue weighted by Crippen LogP contribution is 2.61. The number of rotatable bonds is 6. The number of thiophene rings is 1. The minimum absolute atomic E-state index is 0.0552. The first kappa shape index (κ1) is 16.1. The summed E-state index contributed by atoms with van der Waals surface area (Å²) in [6.45, 7) is 1.01. The van der Waals surface area contributed by atoms with Gasteiger partial charge in [-0.25, -0.2) is 0 Å². The molecule has 0 aliphatic heterocycles. The van der Waals surface area contributed by atoms with Crippen LogP contribution in [-0.2, 0) is 4.79 Å². The molecule has 1 aromatic heterocycles. The average molecular weight is 346 g/mol. The summed E-state index contributed by atoms with van der Waals surface area (Å²) in [4.78, 5) is 24.9. The SMILES string of the molecule is O=C(CC12CC3CC(CC(C3)C1)C2)NCCNC(=O)c1cccs1. The number of amides is 2. The fourth-order valence-corrected chi connectivity index (χ4v) is 6.42. The molecule has 0 aromatic carbocycles. The molecule has 4 nitrogen and oxygen atoms in total. The van der Waals surface area contributed by atoms with E-state index in [1.54, 1.807) is 0 Å². The molecule has 2 N–H and O–H groups in total. The minimum Gasteiger partial charge on any atom is -0.354 e. The molecule has 2 amide bonds.